The van der Waals surface area contributed by atoms with Gasteiger partial charge in [-0.2, -0.15) is 0 Å². The Bertz CT molecular complexity index is 850. The minimum absolute atomic E-state index is 0.0233. The van der Waals surface area contributed by atoms with E-state index in [0.717, 1.165) is 49.1 Å². The SMILES string of the molecule is CCOc1ccccc1N1CCN(CC(=O)Nc2ccc3c(c2)OCCO3)CC1. The highest BCUT2D eigenvalue weighted by Crippen LogP contribution is 2.32. The van der Waals surface area contributed by atoms with Gasteiger partial charge < -0.3 is 24.4 Å². The quantitative estimate of drug-likeness (QED) is 0.809. The predicted molar refractivity (Wildman–Crippen MR) is 112 cm³/mol. The second kappa shape index (κ2) is 9.05. The number of nitrogens with one attached hydrogen (secondary N) is 1. The minimum atomic E-state index is -0.0233. The highest BCUT2D eigenvalue weighted by atomic mass is 16.6. The van der Waals surface area contributed by atoms with E-state index in [2.05, 4.69) is 21.2 Å². The van der Waals surface area contributed by atoms with Crippen LogP contribution in [-0.4, -0.2) is 63.4 Å². The van der Waals surface area contributed by atoms with Gasteiger partial charge in [-0.15, -0.1) is 0 Å². The molecule has 2 aromatic rings. The summed E-state index contributed by atoms with van der Waals surface area (Å²) >= 11 is 0. The van der Waals surface area contributed by atoms with E-state index in [0.29, 0.717) is 32.1 Å². The van der Waals surface area contributed by atoms with Crippen LogP contribution in [0.3, 0.4) is 0 Å². The number of hydrogen-bond acceptors (Lipinski definition) is 6. The second-order valence-corrected chi connectivity index (χ2v) is 7.07. The van der Waals surface area contributed by atoms with Gasteiger partial charge in [0.2, 0.25) is 5.91 Å². The molecule has 0 radical (unpaired) electrons. The lowest BCUT2D eigenvalue weighted by molar-refractivity contribution is -0.117. The van der Waals surface area contributed by atoms with Crippen LogP contribution >= 0.6 is 0 Å². The number of amides is 1. The fourth-order valence-corrected chi connectivity index (χ4v) is 3.67. The largest absolute Gasteiger partial charge is 0.492 e. The Morgan fingerprint density at radius 1 is 1.03 bits per heavy atom. The van der Waals surface area contributed by atoms with Gasteiger partial charge >= 0.3 is 0 Å². The van der Waals surface area contributed by atoms with Crippen molar-refractivity contribution in [3.63, 3.8) is 0 Å². The van der Waals surface area contributed by atoms with E-state index >= 15 is 0 Å². The van der Waals surface area contributed by atoms with E-state index in [1.165, 1.54) is 0 Å². The van der Waals surface area contributed by atoms with Gasteiger partial charge in [0.15, 0.2) is 11.5 Å². The third-order valence-electron chi connectivity index (χ3n) is 5.07. The zero-order chi connectivity index (χ0) is 20.1. The lowest BCUT2D eigenvalue weighted by atomic mass is 10.2. The Morgan fingerprint density at radius 2 is 1.79 bits per heavy atom. The Morgan fingerprint density at radius 3 is 2.59 bits per heavy atom. The molecule has 1 saturated heterocycles. The van der Waals surface area contributed by atoms with Crippen molar-refractivity contribution in [2.75, 3.05) is 62.8 Å². The number of ether oxygens (including phenoxy) is 3. The minimum Gasteiger partial charge on any atom is -0.492 e. The average Bonchev–Trinajstić information content (AvgIpc) is 2.75. The van der Waals surface area contributed by atoms with Crippen molar-refractivity contribution >= 4 is 17.3 Å². The van der Waals surface area contributed by atoms with Gasteiger partial charge in [0.25, 0.3) is 0 Å². The first-order valence-electron chi connectivity index (χ1n) is 10.1. The number of para-hydroxylation sites is 2. The molecular weight excluding hydrogens is 370 g/mol. The standard InChI is InChI=1S/C22H27N3O4/c1-2-27-19-6-4-3-5-18(19)25-11-9-24(10-12-25)16-22(26)23-17-7-8-20-21(15-17)29-14-13-28-20/h3-8,15H,2,9-14,16H2,1H3,(H,23,26). The lowest BCUT2D eigenvalue weighted by Gasteiger charge is -2.36. The number of fused-ring (bicyclic) bond motifs is 1. The number of hydrogen-bond donors (Lipinski definition) is 1. The number of nitrogens with zero attached hydrogens (tertiary/aromatic N) is 2. The number of carbonyl (C=O) groups is 1. The van der Waals surface area contributed by atoms with Crippen LogP contribution in [0.4, 0.5) is 11.4 Å². The molecule has 0 spiro atoms. The van der Waals surface area contributed by atoms with Gasteiger partial charge in [-0.1, -0.05) is 12.1 Å². The molecule has 2 heterocycles. The van der Waals surface area contributed by atoms with Gasteiger partial charge in [-0.3, -0.25) is 9.69 Å². The van der Waals surface area contributed by atoms with E-state index in [1.807, 2.05) is 43.3 Å². The van der Waals surface area contributed by atoms with Crippen LogP contribution in [0.15, 0.2) is 42.5 Å². The Balaban J connectivity index is 1.29. The molecule has 0 atom stereocenters. The summed E-state index contributed by atoms with van der Waals surface area (Å²) in [5.74, 6) is 2.29. The number of benzene rings is 2. The molecule has 2 aliphatic heterocycles. The smallest absolute Gasteiger partial charge is 0.238 e. The van der Waals surface area contributed by atoms with Crippen LogP contribution in [-0.2, 0) is 4.79 Å². The third kappa shape index (κ3) is 4.74. The highest BCUT2D eigenvalue weighted by molar-refractivity contribution is 5.92. The van der Waals surface area contributed by atoms with Gasteiger partial charge in [0, 0.05) is 37.9 Å². The summed E-state index contributed by atoms with van der Waals surface area (Å²) in [6.07, 6.45) is 0. The predicted octanol–water partition coefficient (Wildman–Crippen LogP) is 2.62. The molecule has 2 aromatic carbocycles. The van der Waals surface area contributed by atoms with E-state index in [1.54, 1.807) is 0 Å². The molecule has 7 heteroatoms. The molecule has 7 nitrogen and oxygen atoms in total. The van der Waals surface area contributed by atoms with Gasteiger partial charge in [0.05, 0.1) is 18.8 Å². The van der Waals surface area contributed by atoms with Crippen LogP contribution in [0, 0.1) is 0 Å². The number of carbonyl (C=O) groups excluding carboxylic acids is 1. The summed E-state index contributed by atoms with van der Waals surface area (Å²) in [6, 6.07) is 13.6. The van der Waals surface area contributed by atoms with E-state index in [4.69, 9.17) is 14.2 Å². The maximum absolute atomic E-state index is 12.5. The van der Waals surface area contributed by atoms with Crippen molar-refractivity contribution in [3.8, 4) is 17.2 Å². The van der Waals surface area contributed by atoms with Crippen LogP contribution in [0.25, 0.3) is 0 Å². The maximum atomic E-state index is 12.5. The molecular formula is C22H27N3O4. The lowest BCUT2D eigenvalue weighted by Crippen LogP contribution is -2.48. The molecule has 2 aliphatic rings. The molecule has 1 N–H and O–H groups in total. The van der Waals surface area contributed by atoms with Crippen molar-refractivity contribution in [3.05, 3.63) is 42.5 Å². The molecule has 0 aromatic heterocycles. The summed E-state index contributed by atoms with van der Waals surface area (Å²) in [7, 11) is 0. The Hall–Kier alpha value is -2.93. The van der Waals surface area contributed by atoms with Gasteiger partial charge in [-0.05, 0) is 31.2 Å². The zero-order valence-electron chi connectivity index (χ0n) is 16.7. The monoisotopic (exact) mass is 397 g/mol. The van der Waals surface area contributed by atoms with Crippen LogP contribution in [0.1, 0.15) is 6.92 Å². The zero-order valence-corrected chi connectivity index (χ0v) is 16.7. The highest BCUT2D eigenvalue weighted by Gasteiger charge is 2.21. The molecule has 0 unspecified atom stereocenters. The second-order valence-electron chi connectivity index (χ2n) is 7.07. The first kappa shape index (κ1) is 19.4. The Kier molecular flexibility index (Phi) is 6.05. The first-order chi connectivity index (χ1) is 14.2. The van der Waals surface area contributed by atoms with E-state index in [-0.39, 0.29) is 5.91 Å². The molecule has 1 amide bonds. The third-order valence-corrected chi connectivity index (χ3v) is 5.07. The number of piperazine rings is 1. The fourth-order valence-electron chi connectivity index (χ4n) is 3.67. The molecule has 0 bridgehead atoms. The van der Waals surface area contributed by atoms with Crippen LogP contribution < -0.4 is 24.4 Å². The number of rotatable bonds is 6. The molecule has 4 rings (SSSR count). The summed E-state index contributed by atoms with van der Waals surface area (Å²) in [6.45, 7) is 7.48. The summed E-state index contributed by atoms with van der Waals surface area (Å²) in [4.78, 5) is 17.0. The van der Waals surface area contributed by atoms with Gasteiger partial charge in [-0.25, -0.2) is 0 Å². The fraction of sp³-hybridized carbons (Fsp3) is 0.409. The van der Waals surface area contributed by atoms with Crippen molar-refractivity contribution in [1.29, 1.82) is 0 Å². The van der Waals surface area contributed by atoms with Crippen molar-refractivity contribution in [1.82, 2.24) is 4.90 Å². The summed E-state index contributed by atoms with van der Waals surface area (Å²) < 4.78 is 16.8. The van der Waals surface area contributed by atoms with Crippen molar-refractivity contribution in [2.24, 2.45) is 0 Å². The molecule has 154 valence electrons. The van der Waals surface area contributed by atoms with Crippen LogP contribution in [0.2, 0.25) is 0 Å². The normalized spacial score (nSPS) is 16.4. The Labute approximate surface area is 171 Å². The molecule has 1 fully saturated rings. The van der Waals surface area contributed by atoms with Crippen LogP contribution in [0.5, 0.6) is 17.2 Å². The summed E-state index contributed by atoms with van der Waals surface area (Å²) in [5, 5.41) is 2.96. The van der Waals surface area contributed by atoms with E-state index in [9.17, 15) is 4.79 Å². The summed E-state index contributed by atoms with van der Waals surface area (Å²) in [5.41, 5.74) is 1.85. The number of anilines is 2. The molecule has 0 saturated carbocycles. The van der Waals surface area contributed by atoms with E-state index < -0.39 is 0 Å². The van der Waals surface area contributed by atoms with Crippen molar-refractivity contribution < 1.29 is 19.0 Å². The average molecular weight is 397 g/mol. The topological polar surface area (TPSA) is 63.3 Å². The molecule has 0 aliphatic carbocycles. The van der Waals surface area contributed by atoms with Crippen molar-refractivity contribution in [2.45, 2.75) is 6.92 Å². The molecule has 29 heavy (non-hydrogen) atoms. The van der Waals surface area contributed by atoms with Gasteiger partial charge in [0.1, 0.15) is 19.0 Å². The maximum Gasteiger partial charge on any atom is 0.238 e. The first-order valence-corrected chi connectivity index (χ1v) is 10.1.